The molecule has 116 valence electrons. The van der Waals surface area contributed by atoms with E-state index in [0.717, 1.165) is 23.2 Å². The lowest BCUT2D eigenvalue weighted by Crippen LogP contribution is -2.12. The van der Waals surface area contributed by atoms with Crippen molar-refractivity contribution in [2.24, 2.45) is 5.92 Å². The third kappa shape index (κ3) is 3.27. The Balaban J connectivity index is 1.72. The molecule has 1 saturated carbocycles. The predicted octanol–water partition coefficient (Wildman–Crippen LogP) is 5.33. The van der Waals surface area contributed by atoms with Gasteiger partial charge in [0.15, 0.2) is 0 Å². The molecule has 0 aliphatic heterocycles. The predicted molar refractivity (Wildman–Crippen MR) is 95.7 cm³/mol. The van der Waals surface area contributed by atoms with Gasteiger partial charge in [0.25, 0.3) is 0 Å². The van der Waals surface area contributed by atoms with Crippen molar-refractivity contribution >= 4 is 17.1 Å². The van der Waals surface area contributed by atoms with Crippen LogP contribution in [0.15, 0.2) is 48.5 Å². The minimum Gasteiger partial charge on any atom is -0.399 e. The molecule has 2 nitrogen and oxygen atoms in total. The minimum absolute atomic E-state index is 0.757. The Morgan fingerprint density at radius 3 is 1.86 bits per heavy atom. The average molecular weight is 294 g/mol. The molecule has 0 bridgehead atoms. The van der Waals surface area contributed by atoms with Crippen molar-refractivity contribution in [3.8, 4) is 0 Å². The van der Waals surface area contributed by atoms with Crippen molar-refractivity contribution in [1.29, 1.82) is 0 Å². The van der Waals surface area contributed by atoms with E-state index in [-0.39, 0.29) is 0 Å². The number of benzene rings is 2. The zero-order valence-corrected chi connectivity index (χ0v) is 13.6. The summed E-state index contributed by atoms with van der Waals surface area (Å²) in [5.74, 6) is 1.67. The van der Waals surface area contributed by atoms with Crippen molar-refractivity contribution in [3.63, 3.8) is 0 Å². The molecule has 0 unspecified atom stereocenters. The fourth-order valence-corrected chi connectivity index (χ4v) is 3.41. The number of hydrogen-bond donors (Lipinski definition) is 1. The Hall–Kier alpha value is -1.96. The van der Waals surface area contributed by atoms with Crippen molar-refractivity contribution in [1.82, 2.24) is 0 Å². The second kappa shape index (κ2) is 6.43. The highest BCUT2D eigenvalue weighted by molar-refractivity contribution is 5.64. The summed E-state index contributed by atoms with van der Waals surface area (Å²) in [4.78, 5) is 2.20. The number of hydrogen-bond acceptors (Lipinski definition) is 2. The topological polar surface area (TPSA) is 29.3 Å². The zero-order chi connectivity index (χ0) is 15.5. The molecule has 0 heterocycles. The molecule has 2 aromatic carbocycles. The maximum absolute atomic E-state index is 5.76. The van der Waals surface area contributed by atoms with E-state index in [2.05, 4.69) is 55.3 Å². The van der Waals surface area contributed by atoms with Gasteiger partial charge in [-0.05, 0) is 66.6 Å². The van der Waals surface area contributed by atoms with E-state index >= 15 is 0 Å². The van der Waals surface area contributed by atoms with Gasteiger partial charge in [0, 0.05) is 24.1 Å². The summed E-state index contributed by atoms with van der Waals surface area (Å²) in [6, 6.07) is 17.1. The Morgan fingerprint density at radius 1 is 0.818 bits per heavy atom. The van der Waals surface area contributed by atoms with Crippen LogP contribution in [0.3, 0.4) is 0 Å². The van der Waals surface area contributed by atoms with Gasteiger partial charge in [-0.25, -0.2) is 0 Å². The lowest BCUT2D eigenvalue weighted by atomic mass is 9.79. The van der Waals surface area contributed by atoms with Crippen molar-refractivity contribution < 1.29 is 0 Å². The van der Waals surface area contributed by atoms with Gasteiger partial charge in [-0.3, -0.25) is 0 Å². The van der Waals surface area contributed by atoms with E-state index in [1.54, 1.807) is 0 Å². The summed E-state index contributed by atoms with van der Waals surface area (Å²) in [7, 11) is 2.10. The molecule has 0 spiro atoms. The SMILES string of the molecule is CC1CCC(c2ccc(N(C)c3ccc(N)cc3)cc2)CC1. The van der Waals surface area contributed by atoms with Crippen LogP contribution >= 0.6 is 0 Å². The van der Waals surface area contributed by atoms with Crippen LogP contribution in [0.5, 0.6) is 0 Å². The third-order valence-electron chi connectivity index (χ3n) is 5.05. The van der Waals surface area contributed by atoms with Crippen molar-refractivity contribution in [3.05, 3.63) is 54.1 Å². The molecule has 3 rings (SSSR count). The fraction of sp³-hybridized carbons (Fsp3) is 0.400. The maximum atomic E-state index is 5.76. The van der Waals surface area contributed by atoms with Crippen LogP contribution in [0.1, 0.15) is 44.1 Å². The van der Waals surface area contributed by atoms with E-state index in [0.29, 0.717) is 0 Å². The van der Waals surface area contributed by atoms with Gasteiger partial charge in [0.2, 0.25) is 0 Å². The summed E-state index contributed by atoms with van der Waals surface area (Å²) in [6.45, 7) is 2.38. The first-order valence-corrected chi connectivity index (χ1v) is 8.32. The van der Waals surface area contributed by atoms with Gasteiger partial charge in [-0.2, -0.15) is 0 Å². The van der Waals surface area contributed by atoms with E-state index in [1.165, 1.54) is 36.9 Å². The summed E-state index contributed by atoms with van der Waals surface area (Å²) in [5, 5.41) is 0. The Kier molecular flexibility index (Phi) is 4.37. The van der Waals surface area contributed by atoms with Crippen LogP contribution in [0, 0.1) is 5.92 Å². The Morgan fingerprint density at radius 2 is 1.32 bits per heavy atom. The second-order valence-corrected chi connectivity index (χ2v) is 6.70. The molecular weight excluding hydrogens is 268 g/mol. The highest BCUT2D eigenvalue weighted by Crippen LogP contribution is 2.36. The third-order valence-corrected chi connectivity index (χ3v) is 5.05. The van der Waals surface area contributed by atoms with Crippen LogP contribution in [-0.2, 0) is 0 Å². The van der Waals surface area contributed by atoms with Crippen molar-refractivity contribution in [2.45, 2.75) is 38.5 Å². The summed E-state index contributed by atoms with van der Waals surface area (Å²) >= 11 is 0. The molecule has 2 aromatic rings. The van der Waals surface area contributed by atoms with Gasteiger partial charge in [-0.1, -0.05) is 31.9 Å². The number of nitrogen functional groups attached to an aromatic ring is 1. The molecule has 0 radical (unpaired) electrons. The van der Waals surface area contributed by atoms with Gasteiger partial charge < -0.3 is 10.6 Å². The molecular formula is C20H26N2. The first-order chi connectivity index (χ1) is 10.6. The number of nitrogens with two attached hydrogens (primary N) is 1. The Bertz CT molecular complexity index is 593. The summed E-state index contributed by atoms with van der Waals surface area (Å²) in [5.41, 5.74) is 10.4. The normalized spacial score (nSPS) is 21.5. The van der Waals surface area contributed by atoms with Crippen LogP contribution in [-0.4, -0.2) is 7.05 Å². The molecule has 1 fully saturated rings. The standard InChI is InChI=1S/C20H26N2/c1-15-3-5-16(6-4-15)17-7-11-19(12-8-17)22(2)20-13-9-18(21)10-14-20/h7-16H,3-6,21H2,1-2H3. The van der Waals surface area contributed by atoms with E-state index in [9.17, 15) is 0 Å². The van der Waals surface area contributed by atoms with Crippen LogP contribution in [0.25, 0.3) is 0 Å². The molecule has 2 heteroatoms. The van der Waals surface area contributed by atoms with Crippen LogP contribution in [0.2, 0.25) is 0 Å². The number of nitrogens with zero attached hydrogens (tertiary/aromatic N) is 1. The smallest absolute Gasteiger partial charge is 0.0409 e. The van der Waals surface area contributed by atoms with Crippen LogP contribution < -0.4 is 10.6 Å². The first kappa shape index (κ1) is 15.0. The highest BCUT2D eigenvalue weighted by atomic mass is 15.1. The van der Waals surface area contributed by atoms with Gasteiger partial charge in [0.1, 0.15) is 0 Å². The second-order valence-electron chi connectivity index (χ2n) is 6.70. The Labute approximate surface area is 134 Å². The molecule has 0 aromatic heterocycles. The lowest BCUT2D eigenvalue weighted by molar-refractivity contribution is 0.348. The van der Waals surface area contributed by atoms with Gasteiger partial charge >= 0.3 is 0 Å². The molecule has 0 saturated heterocycles. The number of anilines is 3. The van der Waals surface area contributed by atoms with Crippen molar-refractivity contribution in [2.75, 3.05) is 17.7 Å². The molecule has 1 aliphatic carbocycles. The fourth-order valence-electron chi connectivity index (χ4n) is 3.41. The monoisotopic (exact) mass is 294 g/mol. The van der Waals surface area contributed by atoms with Gasteiger partial charge in [0.05, 0.1) is 0 Å². The van der Waals surface area contributed by atoms with Gasteiger partial charge in [-0.15, -0.1) is 0 Å². The quantitative estimate of drug-likeness (QED) is 0.775. The molecule has 0 atom stereocenters. The van der Waals surface area contributed by atoms with E-state index in [1.807, 2.05) is 12.1 Å². The van der Waals surface area contributed by atoms with Crippen LogP contribution in [0.4, 0.5) is 17.1 Å². The first-order valence-electron chi connectivity index (χ1n) is 8.32. The lowest BCUT2D eigenvalue weighted by Gasteiger charge is -2.27. The minimum atomic E-state index is 0.757. The number of rotatable bonds is 3. The molecule has 1 aliphatic rings. The van der Waals surface area contributed by atoms with E-state index < -0.39 is 0 Å². The summed E-state index contributed by atoms with van der Waals surface area (Å²) in [6.07, 6.45) is 5.43. The highest BCUT2D eigenvalue weighted by Gasteiger charge is 2.19. The zero-order valence-electron chi connectivity index (χ0n) is 13.6. The summed E-state index contributed by atoms with van der Waals surface area (Å²) < 4.78 is 0. The maximum Gasteiger partial charge on any atom is 0.0409 e. The average Bonchev–Trinajstić information content (AvgIpc) is 2.56. The molecule has 22 heavy (non-hydrogen) atoms. The van der Waals surface area contributed by atoms with E-state index in [4.69, 9.17) is 5.73 Å². The largest absolute Gasteiger partial charge is 0.399 e. The molecule has 2 N–H and O–H groups in total. The molecule has 0 amide bonds.